The maximum atomic E-state index is 11.2. The fourth-order valence-electron chi connectivity index (χ4n) is 2.34. The standard InChI is InChI=1S/C16H18ClNO2/c1-10-5-6-12-7-8-14(17)13(15(12)18-10)9-16(3,4)20-11(2)19/h5-8H,9H2,1-4H3. The molecule has 1 aromatic heterocycles. The Morgan fingerprint density at radius 3 is 2.60 bits per heavy atom. The van der Waals surface area contributed by atoms with Crippen molar-refractivity contribution < 1.29 is 9.53 Å². The average molecular weight is 292 g/mol. The van der Waals surface area contributed by atoms with Crippen molar-refractivity contribution in [2.45, 2.75) is 39.7 Å². The van der Waals surface area contributed by atoms with E-state index in [1.54, 1.807) is 0 Å². The molecule has 0 radical (unpaired) electrons. The monoisotopic (exact) mass is 291 g/mol. The lowest BCUT2D eigenvalue weighted by Crippen LogP contribution is -2.29. The zero-order valence-corrected chi connectivity index (χ0v) is 12.9. The van der Waals surface area contributed by atoms with Crippen molar-refractivity contribution >= 4 is 28.5 Å². The molecule has 0 atom stereocenters. The van der Waals surface area contributed by atoms with Gasteiger partial charge in [0.2, 0.25) is 0 Å². The van der Waals surface area contributed by atoms with Gasteiger partial charge in [0.25, 0.3) is 0 Å². The summed E-state index contributed by atoms with van der Waals surface area (Å²) >= 11 is 6.32. The maximum absolute atomic E-state index is 11.2. The molecule has 0 amide bonds. The summed E-state index contributed by atoms with van der Waals surface area (Å²) in [5, 5.41) is 1.68. The Balaban J connectivity index is 2.50. The molecular formula is C16H18ClNO2. The molecule has 0 N–H and O–H groups in total. The van der Waals surface area contributed by atoms with Crippen LogP contribution in [0.25, 0.3) is 10.9 Å². The van der Waals surface area contributed by atoms with Crippen molar-refractivity contribution in [1.29, 1.82) is 0 Å². The molecule has 0 saturated heterocycles. The molecule has 0 fully saturated rings. The second-order valence-electron chi connectivity index (χ2n) is 5.58. The molecule has 0 aliphatic heterocycles. The van der Waals surface area contributed by atoms with Gasteiger partial charge in [-0.15, -0.1) is 0 Å². The number of ether oxygens (including phenoxy) is 1. The summed E-state index contributed by atoms with van der Waals surface area (Å²) in [5.41, 5.74) is 2.11. The molecular weight excluding hydrogens is 274 g/mol. The Hall–Kier alpha value is -1.61. The summed E-state index contributed by atoms with van der Waals surface area (Å²) in [5.74, 6) is -0.296. The van der Waals surface area contributed by atoms with E-state index in [-0.39, 0.29) is 5.97 Å². The van der Waals surface area contributed by atoms with E-state index in [4.69, 9.17) is 16.3 Å². The van der Waals surface area contributed by atoms with Gasteiger partial charge in [-0.1, -0.05) is 23.7 Å². The number of halogens is 1. The number of aromatic nitrogens is 1. The van der Waals surface area contributed by atoms with Crippen LogP contribution in [0.4, 0.5) is 0 Å². The molecule has 4 heteroatoms. The third-order valence-corrected chi connectivity index (χ3v) is 3.43. The summed E-state index contributed by atoms with van der Waals surface area (Å²) in [6.45, 7) is 7.11. The van der Waals surface area contributed by atoms with E-state index in [9.17, 15) is 4.79 Å². The van der Waals surface area contributed by atoms with Gasteiger partial charge in [0.15, 0.2) is 0 Å². The predicted molar refractivity (Wildman–Crippen MR) is 81.0 cm³/mol. The highest BCUT2D eigenvalue weighted by Gasteiger charge is 2.24. The van der Waals surface area contributed by atoms with Gasteiger partial charge in [0, 0.05) is 35.0 Å². The van der Waals surface area contributed by atoms with E-state index in [0.29, 0.717) is 11.4 Å². The minimum Gasteiger partial charge on any atom is -0.459 e. The fraction of sp³-hybridized carbons (Fsp3) is 0.375. The quantitative estimate of drug-likeness (QED) is 0.800. The smallest absolute Gasteiger partial charge is 0.303 e. The highest BCUT2D eigenvalue weighted by atomic mass is 35.5. The first-order chi connectivity index (χ1) is 9.28. The Morgan fingerprint density at radius 1 is 1.30 bits per heavy atom. The number of fused-ring (bicyclic) bond motifs is 1. The first kappa shape index (κ1) is 14.8. The number of carbonyl (C=O) groups is 1. The molecule has 20 heavy (non-hydrogen) atoms. The van der Waals surface area contributed by atoms with Gasteiger partial charge >= 0.3 is 5.97 Å². The van der Waals surface area contributed by atoms with Crippen LogP contribution < -0.4 is 0 Å². The van der Waals surface area contributed by atoms with Crippen molar-refractivity contribution in [2.75, 3.05) is 0 Å². The molecule has 1 heterocycles. The Bertz CT molecular complexity index is 660. The SMILES string of the molecule is CC(=O)OC(C)(C)Cc1c(Cl)ccc2ccc(C)nc12. The molecule has 0 saturated carbocycles. The first-order valence-electron chi connectivity index (χ1n) is 6.53. The zero-order valence-electron chi connectivity index (χ0n) is 12.2. The van der Waals surface area contributed by atoms with Crippen molar-refractivity contribution in [2.24, 2.45) is 0 Å². The van der Waals surface area contributed by atoms with E-state index in [0.717, 1.165) is 22.2 Å². The molecule has 0 aliphatic carbocycles. The Labute approximate surface area is 123 Å². The number of hydrogen-bond acceptors (Lipinski definition) is 3. The van der Waals surface area contributed by atoms with Crippen LogP contribution in [-0.2, 0) is 16.0 Å². The lowest BCUT2D eigenvalue weighted by Gasteiger charge is -2.25. The van der Waals surface area contributed by atoms with Crippen molar-refractivity contribution in [3.63, 3.8) is 0 Å². The van der Waals surface area contributed by atoms with Gasteiger partial charge in [-0.2, -0.15) is 0 Å². The largest absolute Gasteiger partial charge is 0.459 e. The highest BCUT2D eigenvalue weighted by molar-refractivity contribution is 6.32. The van der Waals surface area contributed by atoms with E-state index < -0.39 is 5.60 Å². The van der Waals surface area contributed by atoms with Crippen LogP contribution in [0.15, 0.2) is 24.3 Å². The average Bonchev–Trinajstić information content (AvgIpc) is 2.31. The third kappa shape index (κ3) is 3.28. The minimum absolute atomic E-state index is 0.296. The van der Waals surface area contributed by atoms with Crippen LogP contribution in [-0.4, -0.2) is 16.6 Å². The number of pyridine rings is 1. The summed E-state index contributed by atoms with van der Waals surface area (Å²) in [7, 11) is 0. The van der Waals surface area contributed by atoms with Crippen LogP contribution in [0, 0.1) is 6.92 Å². The second-order valence-corrected chi connectivity index (χ2v) is 5.99. The van der Waals surface area contributed by atoms with Gasteiger partial charge in [0.1, 0.15) is 5.60 Å². The molecule has 2 rings (SSSR count). The minimum atomic E-state index is -0.616. The summed E-state index contributed by atoms with van der Waals surface area (Å²) in [4.78, 5) is 15.8. The lowest BCUT2D eigenvalue weighted by molar-refractivity contribution is -0.153. The molecule has 106 valence electrons. The third-order valence-electron chi connectivity index (χ3n) is 3.07. The predicted octanol–water partition coefficient (Wildman–Crippen LogP) is 4.08. The summed E-state index contributed by atoms with van der Waals surface area (Å²) < 4.78 is 5.35. The number of aryl methyl sites for hydroxylation is 1. The van der Waals surface area contributed by atoms with E-state index in [1.165, 1.54) is 6.92 Å². The van der Waals surface area contributed by atoms with Gasteiger partial charge < -0.3 is 4.74 Å². The summed E-state index contributed by atoms with van der Waals surface area (Å²) in [6.07, 6.45) is 0.527. The number of nitrogens with zero attached hydrogens (tertiary/aromatic N) is 1. The van der Waals surface area contributed by atoms with Gasteiger partial charge in [-0.25, -0.2) is 0 Å². The van der Waals surface area contributed by atoms with E-state index in [2.05, 4.69) is 4.98 Å². The van der Waals surface area contributed by atoms with Crippen LogP contribution in [0.2, 0.25) is 5.02 Å². The number of hydrogen-bond donors (Lipinski definition) is 0. The molecule has 3 nitrogen and oxygen atoms in total. The Kier molecular flexibility index (Phi) is 4.00. The van der Waals surface area contributed by atoms with Gasteiger partial charge in [-0.05, 0) is 32.9 Å². The van der Waals surface area contributed by atoms with Gasteiger partial charge in [-0.3, -0.25) is 9.78 Å². The van der Waals surface area contributed by atoms with Crippen molar-refractivity contribution in [1.82, 2.24) is 4.98 Å². The lowest BCUT2D eigenvalue weighted by atomic mass is 9.96. The number of esters is 1. The normalized spacial score (nSPS) is 11.7. The second kappa shape index (κ2) is 5.41. The fourth-order valence-corrected chi connectivity index (χ4v) is 2.56. The van der Waals surface area contributed by atoms with Crippen LogP contribution >= 0.6 is 11.6 Å². The summed E-state index contributed by atoms with van der Waals surface area (Å²) in [6, 6.07) is 7.81. The molecule has 0 bridgehead atoms. The number of benzene rings is 1. The maximum Gasteiger partial charge on any atom is 0.303 e. The van der Waals surface area contributed by atoms with Gasteiger partial charge in [0.05, 0.1) is 5.52 Å². The molecule has 2 aromatic rings. The van der Waals surface area contributed by atoms with E-state index in [1.807, 2.05) is 45.0 Å². The number of carbonyl (C=O) groups excluding carboxylic acids is 1. The zero-order chi connectivity index (χ0) is 14.9. The van der Waals surface area contributed by atoms with Crippen LogP contribution in [0.1, 0.15) is 32.0 Å². The van der Waals surface area contributed by atoms with Crippen molar-refractivity contribution in [3.05, 3.63) is 40.5 Å². The molecule has 0 aliphatic rings. The van der Waals surface area contributed by atoms with E-state index >= 15 is 0 Å². The Morgan fingerprint density at radius 2 is 1.95 bits per heavy atom. The molecule has 1 aromatic carbocycles. The first-order valence-corrected chi connectivity index (χ1v) is 6.91. The molecule has 0 spiro atoms. The number of rotatable bonds is 3. The molecule has 0 unspecified atom stereocenters. The topological polar surface area (TPSA) is 39.2 Å². The highest BCUT2D eigenvalue weighted by Crippen LogP contribution is 2.29. The van der Waals surface area contributed by atoms with Crippen LogP contribution in [0.5, 0.6) is 0 Å². The van der Waals surface area contributed by atoms with Crippen molar-refractivity contribution in [3.8, 4) is 0 Å². The van der Waals surface area contributed by atoms with Crippen LogP contribution in [0.3, 0.4) is 0 Å².